The molecule has 0 spiro atoms. The lowest BCUT2D eigenvalue weighted by atomic mass is 10.3. The largest absolute Gasteiger partial charge is 0.508 e. The third-order valence-electron chi connectivity index (χ3n) is 2.23. The number of rotatable bonds is 0. The molecule has 4 nitrogen and oxygen atoms in total. The number of aromatic hydroxyl groups is 2. The van der Waals surface area contributed by atoms with Crippen molar-refractivity contribution < 1.29 is 10.2 Å². The van der Waals surface area contributed by atoms with Gasteiger partial charge in [0.05, 0.1) is 11.0 Å². The summed E-state index contributed by atoms with van der Waals surface area (Å²) in [6.07, 6.45) is 3.39. The Morgan fingerprint density at radius 2 is 1.00 bits per heavy atom. The van der Waals surface area contributed by atoms with Gasteiger partial charge >= 0.3 is 0 Å². The molecule has 18 heavy (non-hydrogen) atoms. The van der Waals surface area contributed by atoms with Gasteiger partial charge in [-0.3, -0.25) is 9.97 Å². The zero-order valence-electron chi connectivity index (χ0n) is 9.56. The molecule has 1 aromatic heterocycles. The highest BCUT2D eigenvalue weighted by molar-refractivity contribution is 5.72. The maximum atomic E-state index is 8.65. The average molecular weight is 240 g/mol. The maximum absolute atomic E-state index is 8.65. The van der Waals surface area contributed by atoms with Crippen molar-refractivity contribution in [2.45, 2.75) is 0 Å². The molecule has 2 aromatic carbocycles. The van der Waals surface area contributed by atoms with Crippen molar-refractivity contribution in [3.63, 3.8) is 0 Å². The molecule has 0 radical (unpaired) electrons. The van der Waals surface area contributed by atoms with Crippen molar-refractivity contribution in [3.05, 3.63) is 60.9 Å². The van der Waals surface area contributed by atoms with Crippen LogP contribution in [-0.4, -0.2) is 20.2 Å². The summed E-state index contributed by atoms with van der Waals surface area (Å²) in [6, 6.07) is 13.5. The first kappa shape index (κ1) is 11.9. The van der Waals surface area contributed by atoms with E-state index < -0.39 is 0 Å². The molecular weight excluding hydrogens is 228 g/mol. The zero-order chi connectivity index (χ0) is 12.8. The van der Waals surface area contributed by atoms with Crippen molar-refractivity contribution in [2.24, 2.45) is 0 Å². The Labute approximate surface area is 104 Å². The highest BCUT2D eigenvalue weighted by Gasteiger charge is 1.88. The van der Waals surface area contributed by atoms with Gasteiger partial charge in [-0.2, -0.15) is 0 Å². The van der Waals surface area contributed by atoms with Crippen molar-refractivity contribution in [1.29, 1.82) is 0 Å². The fourth-order valence-electron chi connectivity index (χ4n) is 1.36. The number of fused-ring (bicyclic) bond motifs is 1. The average Bonchev–Trinajstić information content (AvgIpc) is 2.43. The van der Waals surface area contributed by atoms with E-state index in [9.17, 15) is 0 Å². The molecule has 0 bridgehead atoms. The number of para-hydroxylation sites is 2. The van der Waals surface area contributed by atoms with Crippen LogP contribution in [0.15, 0.2) is 60.9 Å². The second-order valence-electron chi connectivity index (χ2n) is 3.56. The molecule has 2 N–H and O–H groups in total. The van der Waals surface area contributed by atoms with Gasteiger partial charge in [-0.15, -0.1) is 0 Å². The highest BCUT2D eigenvalue weighted by Crippen LogP contribution is 2.13. The van der Waals surface area contributed by atoms with Crippen LogP contribution in [0.1, 0.15) is 0 Å². The predicted molar refractivity (Wildman–Crippen MR) is 69.3 cm³/mol. The van der Waals surface area contributed by atoms with E-state index in [4.69, 9.17) is 10.2 Å². The molecule has 0 saturated heterocycles. The minimum Gasteiger partial charge on any atom is -0.508 e. The van der Waals surface area contributed by atoms with Crippen LogP contribution in [-0.2, 0) is 0 Å². The SMILES string of the molecule is Oc1ccc(O)cc1.c1ccc2nccnc2c1. The van der Waals surface area contributed by atoms with E-state index in [2.05, 4.69) is 9.97 Å². The quantitative estimate of drug-likeness (QED) is 0.593. The zero-order valence-corrected chi connectivity index (χ0v) is 9.56. The molecule has 0 unspecified atom stereocenters. The van der Waals surface area contributed by atoms with Crippen LogP contribution in [0.3, 0.4) is 0 Å². The van der Waals surface area contributed by atoms with E-state index in [0.717, 1.165) is 11.0 Å². The summed E-state index contributed by atoms with van der Waals surface area (Å²) in [6.45, 7) is 0. The Balaban J connectivity index is 0.000000138. The molecule has 0 amide bonds. The van der Waals surface area contributed by atoms with Crippen LogP contribution >= 0.6 is 0 Å². The number of nitrogens with zero attached hydrogens (tertiary/aromatic N) is 2. The van der Waals surface area contributed by atoms with Gasteiger partial charge in [-0.05, 0) is 36.4 Å². The monoisotopic (exact) mass is 240 g/mol. The number of phenolic OH excluding ortho intramolecular Hbond substituents is 2. The number of hydrogen-bond donors (Lipinski definition) is 2. The van der Waals surface area contributed by atoms with Gasteiger partial charge in [0.15, 0.2) is 0 Å². The smallest absolute Gasteiger partial charge is 0.115 e. The first-order valence-corrected chi connectivity index (χ1v) is 5.39. The third-order valence-corrected chi connectivity index (χ3v) is 2.23. The van der Waals surface area contributed by atoms with Crippen molar-refractivity contribution in [1.82, 2.24) is 9.97 Å². The van der Waals surface area contributed by atoms with Crippen molar-refractivity contribution in [2.75, 3.05) is 0 Å². The first-order valence-electron chi connectivity index (χ1n) is 5.39. The third kappa shape index (κ3) is 3.18. The summed E-state index contributed by atoms with van der Waals surface area (Å²) in [5.74, 6) is 0.339. The summed E-state index contributed by atoms with van der Waals surface area (Å²) in [5, 5.41) is 17.3. The molecule has 0 atom stereocenters. The Hall–Kier alpha value is -2.62. The van der Waals surface area contributed by atoms with E-state index >= 15 is 0 Å². The first-order chi connectivity index (χ1) is 8.75. The maximum Gasteiger partial charge on any atom is 0.115 e. The predicted octanol–water partition coefficient (Wildman–Crippen LogP) is 2.73. The topological polar surface area (TPSA) is 66.2 Å². The lowest BCUT2D eigenvalue weighted by Crippen LogP contribution is -1.78. The normalized spacial score (nSPS) is 9.56. The summed E-state index contributed by atoms with van der Waals surface area (Å²) in [4.78, 5) is 8.24. The Morgan fingerprint density at radius 3 is 1.39 bits per heavy atom. The van der Waals surface area contributed by atoms with E-state index in [1.807, 2.05) is 24.3 Å². The van der Waals surface area contributed by atoms with E-state index in [-0.39, 0.29) is 11.5 Å². The van der Waals surface area contributed by atoms with Crippen LogP contribution in [0, 0.1) is 0 Å². The fraction of sp³-hybridized carbons (Fsp3) is 0. The van der Waals surface area contributed by atoms with Crippen molar-refractivity contribution >= 4 is 11.0 Å². The summed E-state index contributed by atoms with van der Waals surface area (Å²) < 4.78 is 0. The molecule has 0 aliphatic heterocycles. The Bertz CT molecular complexity index is 538. The Kier molecular flexibility index (Phi) is 3.71. The standard InChI is InChI=1S/C8H6N2.C6H6O2/c1-2-4-8-7(3-1)9-5-6-10-8;7-5-1-2-6(8)4-3-5/h1-6H;1-4,7-8H. The molecular formula is C14H12N2O2. The number of aromatic nitrogens is 2. The fourth-order valence-corrected chi connectivity index (χ4v) is 1.36. The summed E-state index contributed by atoms with van der Waals surface area (Å²) in [7, 11) is 0. The summed E-state index contributed by atoms with van der Waals surface area (Å²) in [5.41, 5.74) is 1.90. The van der Waals surface area contributed by atoms with E-state index in [1.165, 1.54) is 24.3 Å². The van der Waals surface area contributed by atoms with Gasteiger partial charge in [-0.1, -0.05) is 12.1 Å². The molecule has 3 rings (SSSR count). The van der Waals surface area contributed by atoms with Gasteiger partial charge in [0.25, 0.3) is 0 Å². The minimum atomic E-state index is 0.169. The molecule has 0 saturated carbocycles. The molecule has 1 heterocycles. The van der Waals surface area contributed by atoms with Gasteiger partial charge < -0.3 is 10.2 Å². The van der Waals surface area contributed by atoms with Crippen LogP contribution in [0.4, 0.5) is 0 Å². The molecule has 0 aliphatic carbocycles. The van der Waals surface area contributed by atoms with Gasteiger partial charge in [0.2, 0.25) is 0 Å². The van der Waals surface area contributed by atoms with E-state index in [1.54, 1.807) is 12.4 Å². The van der Waals surface area contributed by atoms with Crippen LogP contribution in [0.5, 0.6) is 11.5 Å². The van der Waals surface area contributed by atoms with Crippen molar-refractivity contribution in [3.8, 4) is 11.5 Å². The van der Waals surface area contributed by atoms with Gasteiger partial charge in [0.1, 0.15) is 11.5 Å². The van der Waals surface area contributed by atoms with Crippen LogP contribution < -0.4 is 0 Å². The van der Waals surface area contributed by atoms with E-state index in [0.29, 0.717) is 0 Å². The second kappa shape index (κ2) is 5.63. The molecule has 4 heteroatoms. The number of benzene rings is 2. The van der Waals surface area contributed by atoms with Crippen LogP contribution in [0.2, 0.25) is 0 Å². The molecule has 0 fully saturated rings. The minimum absolute atomic E-state index is 0.169. The van der Waals surface area contributed by atoms with Crippen LogP contribution in [0.25, 0.3) is 11.0 Å². The number of phenols is 2. The second-order valence-corrected chi connectivity index (χ2v) is 3.56. The lowest BCUT2D eigenvalue weighted by molar-refractivity contribution is 0.460. The molecule has 3 aromatic rings. The summed E-state index contributed by atoms with van der Waals surface area (Å²) >= 11 is 0. The molecule has 0 aliphatic rings. The lowest BCUT2D eigenvalue weighted by Gasteiger charge is -1.90. The van der Waals surface area contributed by atoms with Gasteiger partial charge in [-0.25, -0.2) is 0 Å². The number of hydrogen-bond acceptors (Lipinski definition) is 4. The highest BCUT2D eigenvalue weighted by atomic mass is 16.3. The van der Waals surface area contributed by atoms with Gasteiger partial charge in [0, 0.05) is 12.4 Å². The molecule has 90 valence electrons. The Morgan fingerprint density at radius 1 is 0.611 bits per heavy atom.